The minimum Gasteiger partial charge on any atom is -0.343 e. The van der Waals surface area contributed by atoms with E-state index in [0.717, 1.165) is 55.7 Å². The molecular weight excluding hydrogens is 288 g/mol. The van der Waals surface area contributed by atoms with Gasteiger partial charge in [-0.1, -0.05) is 18.2 Å². The smallest absolute Gasteiger partial charge is 0.254 e. The minimum absolute atomic E-state index is 0.174. The lowest BCUT2D eigenvalue weighted by atomic mass is 9.92. The van der Waals surface area contributed by atoms with Crippen molar-refractivity contribution in [2.24, 2.45) is 11.8 Å². The fourth-order valence-electron chi connectivity index (χ4n) is 4.14. The molecular formula is C19H26N2O2. The highest BCUT2D eigenvalue weighted by molar-refractivity contribution is 5.97. The van der Waals surface area contributed by atoms with Gasteiger partial charge in [0.1, 0.15) is 0 Å². The summed E-state index contributed by atoms with van der Waals surface area (Å²) in [5.74, 6) is 1.42. The van der Waals surface area contributed by atoms with Gasteiger partial charge in [-0.05, 0) is 49.7 Å². The number of carbonyl (C=O) groups excluding carboxylic acids is 2. The van der Waals surface area contributed by atoms with Crippen LogP contribution in [0.2, 0.25) is 0 Å². The second-order valence-electron chi connectivity index (χ2n) is 7.08. The molecule has 2 aliphatic heterocycles. The molecule has 2 heterocycles. The summed E-state index contributed by atoms with van der Waals surface area (Å²) in [6.07, 6.45) is 2.03. The third kappa shape index (κ3) is 3.12. The fourth-order valence-corrected chi connectivity index (χ4v) is 4.14. The number of nitrogens with zero attached hydrogens (tertiary/aromatic N) is 2. The molecule has 0 bridgehead atoms. The number of hydrogen-bond donors (Lipinski definition) is 0. The lowest BCUT2D eigenvalue weighted by Crippen LogP contribution is -2.33. The first-order valence-electron chi connectivity index (χ1n) is 8.58. The Hall–Kier alpha value is -1.84. The normalized spacial score (nSPS) is 24.3. The van der Waals surface area contributed by atoms with Gasteiger partial charge in [-0.25, -0.2) is 0 Å². The Bertz CT molecular complexity index is 590. The Kier molecular flexibility index (Phi) is 4.42. The zero-order valence-corrected chi connectivity index (χ0v) is 14.3. The number of amides is 2. The van der Waals surface area contributed by atoms with Crippen LogP contribution in [0, 0.1) is 25.7 Å². The van der Waals surface area contributed by atoms with Crippen molar-refractivity contribution in [3.63, 3.8) is 0 Å². The maximum absolute atomic E-state index is 13.0. The molecule has 2 amide bonds. The van der Waals surface area contributed by atoms with Crippen molar-refractivity contribution in [3.05, 3.63) is 34.9 Å². The quantitative estimate of drug-likeness (QED) is 0.799. The highest BCUT2D eigenvalue weighted by Gasteiger charge is 2.37. The third-order valence-corrected chi connectivity index (χ3v) is 5.54. The molecule has 3 rings (SSSR count). The van der Waals surface area contributed by atoms with E-state index in [9.17, 15) is 9.59 Å². The SMILES string of the molecule is CC(=O)N1CC[C@@H]2CN(C(=O)c3c(C)cccc3C)C[C@@H]2CC1. The van der Waals surface area contributed by atoms with Crippen molar-refractivity contribution in [2.75, 3.05) is 26.2 Å². The van der Waals surface area contributed by atoms with Gasteiger partial charge in [-0.15, -0.1) is 0 Å². The third-order valence-electron chi connectivity index (χ3n) is 5.54. The summed E-state index contributed by atoms with van der Waals surface area (Å²) in [6, 6.07) is 6.03. The first-order chi connectivity index (χ1) is 11.0. The lowest BCUT2D eigenvalue weighted by molar-refractivity contribution is -0.128. The summed E-state index contributed by atoms with van der Waals surface area (Å²) in [6.45, 7) is 9.02. The van der Waals surface area contributed by atoms with Crippen LogP contribution in [0.15, 0.2) is 18.2 Å². The molecule has 0 saturated carbocycles. The van der Waals surface area contributed by atoms with Crippen molar-refractivity contribution < 1.29 is 9.59 Å². The summed E-state index contributed by atoms with van der Waals surface area (Å²) in [4.78, 5) is 28.5. The lowest BCUT2D eigenvalue weighted by Gasteiger charge is -2.22. The van der Waals surface area contributed by atoms with Crippen LogP contribution >= 0.6 is 0 Å². The molecule has 0 radical (unpaired) electrons. The molecule has 0 N–H and O–H groups in total. The Morgan fingerprint density at radius 1 is 0.957 bits per heavy atom. The number of hydrogen-bond acceptors (Lipinski definition) is 2. The molecule has 124 valence electrons. The van der Waals surface area contributed by atoms with E-state index in [4.69, 9.17) is 0 Å². The van der Waals surface area contributed by atoms with E-state index < -0.39 is 0 Å². The molecule has 0 spiro atoms. The van der Waals surface area contributed by atoms with Crippen molar-refractivity contribution in [1.82, 2.24) is 9.80 Å². The minimum atomic E-state index is 0.174. The Labute approximate surface area is 138 Å². The van der Waals surface area contributed by atoms with E-state index in [0.29, 0.717) is 11.8 Å². The van der Waals surface area contributed by atoms with Crippen LogP contribution in [0.5, 0.6) is 0 Å². The topological polar surface area (TPSA) is 40.6 Å². The van der Waals surface area contributed by atoms with E-state index in [1.54, 1.807) is 6.92 Å². The second kappa shape index (κ2) is 6.34. The van der Waals surface area contributed by atoms with Crippen molar-refractivity contribution >= 4 is 11.8 Å². The van der Waals surface area contributed by atoms with Crippen molar-refractivity contribution in [1.29, 1.82) is 0 Å². The van der Waals surface area contributed by atoms with Gasteiger partial charge in [-0.3, -0.25) is 9.59 Å². The Morgan fingerprint density at radius 2 is 1.48 bits per heavy atom. The van der Waals surface area contributed by atoms with Crippen molar-refractivity contribution in [2.45, 2.75) is 33.6 Å². The molecule has 1 aromatic rings. The van der Waals surface area contributed by atoms with E-state index >= 15 is 0 Å². The number of likely N-dealkylation sites (tertiary alicyclic amines) is 2. The second-order valence-corrected chi connectivity index (χ2v) is 7.08. The zero-order chi connectivity index (χ0) is 16.6. The van der Waals surface area contributed by atoms with E-state index in [2.05, 4.69) is 0 Å². The highest BCUT2D eigenvalue weighted by Crippen LogP contribution is 2.33. The number of benzene rings is 1. The number of rotatable bonds is 1. The van der Waals surface area contributed by atoms with Gasteiger partial charge in [0.05, 0.1) is 0 Å². The van der Waals surface area contributed by atoms with E-state index in [-0.39, 0.29) is 11.8 Å². The zero-order valence-electron chi connectivity index (χ0n) is 14.3. The molecule has 4 nitrogen and oxygen atoms in total. The summed E-state index contributed by atoms with van der Waals surface area (Å²) in [5.41, 5.74) is 2.99. The molecule has 23 heavy (non-hydrogen) atoms. The van der Waals surface area contributed by atoms with Gasteiger partial charge in [0.25, 0.3) is 5.91 Å². The maximum atomic E-state index is 13.0. The van der Waals surface area contributed by atoms with Crippen LogP contribution in [0.25, 0.3) is 0 Å². The summed E-state index contributed by atoms with van der Waals surface area (Å²) in [7, 11) is 0. The highest BCUT2D eigenvalue weighted by atomic mass is 16.2. The van der Waals surface area contributed by atoms with Crippen LogP contribution in [0.3, 0.4) is 0 Å². The largest absolute Gasteiger partial charge is 0.343 e. The van der Waals surface area contributed by atoms with E-state index in [1.165, 1.54) is 0 Å². The Balaban J connectivity index is 1.71. The van der Waals surface area contributed by atoms with Crippen LogP contribution in [-0.2, 0) is 4.79 Å². The molecule has 1 aromatic carbocycles. The predicted molar refractivity (Wildman–Crippen MR) is 90.3 cm³/mol. The average Bonchev–Trinajstić information content (AvgIpc) is 2.80. The molecule has 0 aromatic heterocycles. The van der Waals surface area contributed by atoms with E-state index in [1.807, 2.05) is 41.8 Å². The predicted octanol–water partition coefficient (Wildman–Crippen LogP) is 2.63. The monoisotopic (exact) mass is 314 g/mol. The van der Waals surface area contributed by atoms with Gasteiger partial charge < -0.3 is 9.80 Å². The van der Waals surface area contributed by atoms with Gasteiger partial charge in [0.2, 0.25) is 5.91 Å². The molecule has 2 saturated heterocycles. The van der Waals surface area contributed by atoms with Gasteiger partial charge >= 0.3 is 0 Å². The molecule has 2 atom stereocenters. The molecule has 2 fully saturated rings. The number of fused-ring (bicyclic) bond motifs is 1. The Morgan fingerprint density at radius 3 is 1.96 bits per heavy atom. The standard InChI is InChI=1S/C19H26N2O2/c1-13-5-4-6-14(2)18(13)19(23)21-11-16-7-9-20(15(3)22)10-8-17(16)12-21/h4-6,16-17H,7-12H2,1-3H3/t16-,17+. The van der Waals surface area contributed by atoms with Gasteiger partial charge in [0, 0.05) is 38.7 Å². The van der Waals surface area contributed by atoms with Crippen LogP contribution in [0.4, 0.5) is 0 Å². The number of aryl methyl sites for hydroxylation is 2. The van der Waals surface area contributed by atoms with Gasteiger partial charge in [0.15, 0.2) is 0 Å². The van der Waals surface area contributed by atoms with Crippen LogP contribution < -0.4 is 0 Å². The molecule has 0 unspecified atom stereocenters. The first kappa shape index (κ1) is 16.0. The molecule has 4 heteroatoms. The van der Waals surface area contributed by atoms with Crippen molar-refractivity contribution in [3.8, 4) is 0 Å². The number of carbonyl (C=O) groups is 2. The van der Waals surface area contributed by atoms with Gasteiger partial charge in [-0.2, -0.15) is 0 Å². The maximum Gasteiger partial charge on any atom is 0.254 e. The summed E-state index contributed by atoms with van der Waals surface area (Å²) in [5, 5.41) is 0. The van der Waals surface area contributed by atoms with Crippen LogP contribution in [-0.4, -0.2) is 47.8 Å². The first-order valence-corrected chi connectivity index (χ1v) is 8.58. The van der Waals surface area contributed by atoms with Crippen LogP contribution in [0.1, 0.15) is 41.3 Å². The molecule has 0 aliphatic carbocycles. The fraction of sp³-hybridized carbons (Fsp3) is 0.579. The summed E-state index contributed by atoms with van der Waals surface area (Å²) < 4.78 is 0. The average molecular weight is 314 g/mol. The molecule has 2 aliphatic rings. The summed E-state index contributed by atoms with van der Waals surface area (Å²) >= 11 is 0.